The molecule has 212 valence electrons. The summed E-state index contributed by atoms with van der Waals surface area (Å²) in [6.07, 6.45) is 0.161. The topological polar surface area (TPSA) is 83.6 Å². The van der Waals surface area contributed by atoms with E-state index in [0.29, 0.717) is 16.6 Å². The highest BCUT2D eigenvalue weighted by Gasteiger charge is 2.43. The summed E-state index contributed by atoms with van der Waals surface area (Å²) in [4.78, 5) is 31.9. The van der Waals surface area contributed by atoms with Crippen molar-refractivity contribution in [2.45, 2.75) is 89.2 Å². The number of carbonyl (C=O) groups is 2. The van der Waals surface area contributed by atoms with Crippen LogP contribution in [0, 0.1) is 0 Å². The SMILES string of the molecule is CC(C)c1cc(Cl)ccc1OC(C)(C)C(=O)NC1CC2CCC(C1)N2c1ccc(C(=O)NCC(F)(F)F)cn1. The van der Waals surface area contributed by atoms with Gasteiger partial charge in [-0.25, -0.2) is 4.98 Å². The molecule has 3 heterocycles. The molecular weight excluding hydrogens is 533 g/mol. The number of anilines is 1. The van der Waals surface area contributed by atoms with Crippen LogP contribution in [0.25, 0.3) is 0 Å². The molecule has 2 amide bonds. The molecule has 2 saturated heterocycles. The second kappa shape index (κ2) is 11.2. The number of fused-ring (bicyclic) bond motifs is 2. The Bertz CT molecular complexity index is 1190. The summed E-state index contributed by atoms with van der Waals surface area (Å²) in [5.74, 6) is 0.463. The molecule has 2 atom stereocenters. The van der Waals surface area contributed by atoms with Crippen molar-refractivity contribution in [2.24, 2.45) is 0 Å². The number of rotatable bonds is 8. The Hall–Kier alpha value is -3.01. The van der Waals surface area contributed by atoms with Gasteiger partial charge in [0.05, 0.1) is 5.56 Å². The largest absolute Gasteiger partial charge is 0.478 e. The Morgan fingerprint density at radius 3 is 2.36 bits per heavy atom. The molecule has 0 saturated carbocycles. The van der Waals surface area contributed by atoms with Gasteiger partial charge in [0.25, 0.3) is 11.8 Å². The highest BCUT2D eigenvalue weighted by Crippen LogP contribution is 2.39. The van der Waals surface area contributed by atoms with E-state index in [1.54, 1.807) is 32.0 Å². The number of aromatic nitrogens is 1. The second-order valence-corrected chi connectivity index (χ2v) is 11.5. The Morgan fingerprint density at radius 1 is 1.13 bits per heavy atom. The number of carbonyl (C=O) groups excluding carboxylic acids is 2. The van der Waals surface area contributed by atoms with E-state index in [9.17, 15) is 22.8 Å². The first-order valence-corrected chi connectivity index (χ1v) is 13.5. The van der Waals surface area contributed by atoms with Crippen LogP contribution in [0.15, 0.2) is 36.5 Å². The predicted octanol–water partition coefficient (Wildman–Crippen LogP) is 5.62. The molecule has 39 heavy (non-hydrogen) atoms. The van der Waals surface area contributed by atoms with Crippen LogP contribution >= 0.6 is 11.6 Å². The van der Waals surface area contributed by atoms with E-state index in [-0.39, 0.29) is 35.5 Å². The molecule has 2 bridgehead atoms. The van der Waals surface area contributed by atoms with E-state index in [2.05, 4.69) is 15.2 Å². The van der Waals surface area contributed by atoms with Crippen molar-refractivity contribution in [1.82, 2.24) is 15.6 Å². The predicted molar refractivity (Wildman–Crippen MR) is 143 cm³/mol. The van der Waals surface area contributed by atoms with Crippen molar-refractivity contribution in [3.05, 3.63) is 52.7 Å². The molecule has 11 heteroatoms. The lowest BCUT2D eigenvalue weighted by Gasteiger charge is -2.41. The number of piperidine rings is 1. The van der Waals surface area contributed by atoms with Crippen molar-refractivity contribution in [2.75, 3.05) is 11.4 Å². The number of ether oxygens (including phenoxy) is 1. The lowest BCUT2D eigenvalue weighted by molar-refractivity contribution is -0.135. The number of nitrogens with zero attached hydrogens (tertiary/aromatic N) is 2. The summed E-state index contributed by atoms with van der Waals surface area (Å²) in [7, 11) is 0. The third-order valence-corrected chi connectivity index (χ3v) is 7.53. The van der Waals surface area contributed by atoms with Crippen molar-refractivity contribution in [3.63, 3.8) is 0 Å². The van der Waals surface area contributed by atoms with Crippen molar-refractivity contribution < 1.29 is 27.5 Å². The molecule has 2 N–H and O–H groups in total. The van der Waals surface area contributed by atoms with Gasteiger partial charge < -0.3 is 20.3 Å². The van der Waals surface area contributed by atoms with Gasteiger partial charge in [-0.2, -0.15) is 13.2 Å². The van der Waals surface area contributed by atoms with E-state index in [4.69, 9.17) is 16.3 Å². The van der Waals surface area contributed by atoms with Crippen molar-refractivity contribution >= 4 is 29.2 Å². The summed E-state index contributed by atoms with van der Waals surface area (Å²) >= 11 is 6.16. The number of pyridine rings is 1. The second-order valence-electron chi connectivity index (χ2n) is 11.1. The quantitative estimate of drug-likeness (QED) is 0.433. The molecule has 7 nitrogen and oxygen atoms in total. The third-order valence-electron chi connectivity index (χ3n) is 7.30. The number of benzene rings is 1. The van der Waals surface area contributed by atoms with E-state index in [1.165, 1.54) is 12.3 Å². The highest BCUT2D eigenvalue weighted by molar-refractivity contribution is 6.30. The first kappa shape index (κ1) is 29.0. The van der Waals surface area contributed by atoms with Crippen LogP contribution in [-0.4, -0.2) is 53.2 Å². The standard InChI is InChI=1S/C28H34ClF3N4O3/c1-16(2)22-11-18(29)6-9-23(22)39-27(3,4)26(38)35-19-12-20-7-8-21(13-19)36(20)24-10-5-17(14-33-24)25(37)34-15-28(30,31)32/h5-6,9-11,14,16,19-21H,7-8,12-13,15H2,1-4H3,(H,34,37)(H,35,38). The van der Waals surface area contributed by atoms with Gasteiger partial charge in [0.15, 0.2) is 5.60 Å². The molecule has 2 unspecified atom stereocenters. The van der Waals surface area contributed by atoms with Gasteiger partial charge in [0.1, 0.15) is 18.1 Å². The summed E-state index contributed by atoms with van der Waals surface area (Å²) in [6, 6.07) is 8.84. The van der Waals surface area contributed by atoms with Crippen LogP contribution in [-0.2, 0) is 4.79 Å². The average molecular weight is 567 g/mol. The maximum atomic E-state index is 13.3. The van der Waals surface area contributed by atoms with Gasteiger partial charge in [0, 0.05) is 29.3 Å². The van der Waals surface area contributed by atoms with Crippen LogP contribution in [0.5, 0.6) is 5.75 Å². The van der Waals surface area contributed by atoms with Gasteiger partial charge in [-0.1, -0.05) is 25.4 Å². The Morgan fingerprint density at radius 2 is 1.79 bits per heavy atom. The maximum Gasteiger partial charge on any atom is 0.405 e. The minimum Gasteiger partial charge on any atom is -0.478 e. The Labute approximate surface area is 231 Å². The molecule has 0 spiro atoms. The van der Waals surface area contributed by atoms with Crippen molar-refractivity contribution in [3.8, 4) is 5.75 Å². The Kier molecular flexibility index (Phi) is 8.35. The van der Waals surface area contributed by atoms with E-state index in [1.807, 2.05) is 25.2 Å². The first-order valence-electron chi connectivity index (χ1n) is 13.1. The van der Waals surface area contributed by atoms with Gasteiger partial charge in [-0.05, 0) is 81.3 Å². The Balaban J connectivity index is 1.37. The lowest BCUT2D eigenvalue weighted by Crippen LogP contribution is -2.55. The van der Waals surface area contributed by atoms with Gasteiger partial charge in [-0.15, -0.1) is 0 Å². The molecule has 1 aromatic heterocycles. The smallest absolute Gasteiger partial charge is 0.405 e. The molecule has 2 aromatic rings. The van der Waals surface area contributed by atoms with Gasteiger partial charge >= 0.3 is 6.18 Å². The summed E-state index contributed by atoms with van der Waals surface area (Å²) < 4.78 is 43.4. The summed E-state index contributed by atoms with van der Waals surface area (Å²) in [5.41, 5.74) is -0.0929. The maximum absolute atomic E-state index is 13.3. The zero-order chi connectivity index (χ0) is 28.5. The molecule has 2 aliphatic heterocycles. The van der Waals surface area contributed by atoms with Crippen LogP contribution in [0.4, 0.5) is 19.0 Å². The zero-order valence-corrected chi connectivity index (χ0v) is 23.2. The highest BCUT2D eigenvalue weighted by atomic mass is 35.5. The molecule has 0 radical (unpaired) electrons. The third kappa shape index (κ3) is 6.96. The minimum absolute atomic E-state index is 0.0312. The van der Waals surface area contributed by atoms with E-state index < -0.39 is 24.2 Å². The minimum atomic E-state index is -4.48. The monoisotopic (exact) mass is 566 g/mol. The molecule has 0 aliphatic carbocycles. The fraction of sp³-hybridized carbons (Fsp3) is 0.536. The molecule has 2 aliphatic rings. The van der Waals surface area contributed by atoms with E-state index >= 15 is 0 Å². The number of halogens is 4. The fourth-order valence-corrected chi connectivity index (χ4v) is 5.55. The molecule has 2 fully saturated rings. The lowest BCUT2D eigenvalue weighted by atomic mass is 9.96. The zero-order valence-electron chi connectivity index (χ0n) is 22.4. The van der Waals surface area contributed by atoms with Gasteiger partial charge in [-0.3, -0.25) is 9.59 Å². The summed E-state index contributed by atoms with van der Waals surface area (Å²) in [5, 5.41) is 5.65. The number of alkyl halides is 3. The fourth-order valence-electron chi connectivity index (χ4n) is 5.37. The number of nitrogens with one attached hydrogen (secondary N) is 2. The first-order chi connectivity index (χ1) is 18.2. The molecule has 4 rings (SSSR count). The summed E-state index contributed by atoms with van der Waals surface area (Å²) in [6.45, 7) is 6.19. The number of hydrogen-bond donors (Lipinski definition) is 2. The molecular formula is C28H34ClF3N4O3. The average Bonchev–Trinajstić information content (AvgIpc) is 3.13. The number of amides is 2. The van der Waals surface area contributed by atoms with Crippen LogP contribution in [0.1, 0.15) is 75.2 Å². The van der Waals surface area contributed by atoms with Crippen LogP contribution in [0.2, 0.25) is 5.02 Å². The number of hydrogen-bond acceptors (Lipinski definition) is 5. The van der Waals surface area contributed by atoms with Crippen LogP contribution < -0.4 is 20.3 Å². The van der Waals surface area contributed by atoms with Gasteiger partial charge in [0.2, 0.25) is 0 Å². The molecule has 1 aromatic carbocycles. The van der Waals surface area contributed by atoms with E-state index in [0.717, 1.165) is 31.2 Å². The van der Waals surface area contributed by atoms with Crippen LogP contribution in [0.3, 0.4) is 0 Å². The normalized spacial score (nSPS) is 21.2. The van der Waals surface area contributed by atoms with Crippen molar-refractivity contribution in [1.29, 1.82) is 0 Å².